The second kappa shape index (κ2) is 7.83. The van der Waals surface area contributed by atoms with Gasteiger partial charge in [0.2, 0.25) is 0 Å². The van der Waals surface area contributed by atoms with E-state index < -0.39 is 5.97 Å². The summed E-state index contributed by atoms with van der Waals surface area (Å²) in [6, 6.07) is 19.0. The van der Waals surface area contributed by atoms with E-state index in [1.807, 2.05) is 60.7 Å². The van der Waals surface area contributed by atoms with E-state index in [0.29, 0.717) is 13.1 Å². The van der Waals surface area contributed by atoms with E-state index in [0.717, 1.165) is 24.2 Å². The third-order valence-corrected chi connectivity index (χ3v) is 4.47. The molecule has 130 valence electrons. The van der Waals surface area contributed by atoms with Crippen LogP contribution in [-0.4, -0.2) is 35.1 Å². The van der Waals surface area contributed by atoms with Gasteiger partial charge in [0.05, 0.1) is 11.4 Å². The Morgan fingerprint density at radius 2 is 1.56 bits per heavy atom. The number of rotatable bonds is 4. The van der Waals surface area contributed by atoms with Crippen LogP contribution in [0.2, 0.25) is 0 Å². The van der Waals surface area contributed by atoms with Gasteiger partial charge in [-0.05, 0) is 43.0 Å². The Bertz CT molecular complexity index is 679. The summed E-state index contributed by atoms with van der Waals surface area (Å²) in [7, 11) is 0. The van der Waals surface area contributed by atoms with Crippen molar-refractivity contribution in [2.75, 3.05) is 18.0 Å². The number of likely N-dealkylation sites (tertiary alicyclic amines) is 1. The predicted molar refractivity (Wildman–Crippen MR) is 97.0 cm³/mol. The van der Waals surface area contributed by atoms with Crippen LogP contribution in [0.4, 0.5) is 16.2 Å². The molecular formula is C20H22N2O3. The zero-order valence-corrected chi connectivity index (χ0v) is 14.0. The summed E-state index contributed by atoms with van der Waals surface area (Å²) < 4.78 is 0. The maximum absolute atomic E-state index is 13.2. The Morgan fingerprint density at radius 1 is 1.00 bits per heavy atom. The Hall–Kier alpha value is -2.82. The van der Waals surface area contributed by atoms with Gasteiger partial charge in [0.25, 0.3) is 0 Å². The predicted octanol–water partition coefficient (Wildman–Crippen LogP) is 4.13. The van der Waals surface area contributed by atoms with Gasteiger partial charge in [0, 0.05) is 19.5 Å². The van der Waals surface area contributed by atoms with Gasteiger partial charge in [-0.2, -0.15) is 0 Å². The van der Waals surface area contributed by atoms with E-state index in [-0.39, 0.29) is 18.4 Å². The number of amides is 2. The zero-order chi connectivity index (χ0) is 17.6. The summed E-state index contributed by atoms with van der Waals surface area (Å²) in [4.78, 5) is 27.7. The van der Waals surface area contributed by atoms with Gasteiger partial charge in [-0.25, -0.2) is 4.79 Å². The lowest BCUT2D eigenvalue weighted by Gasteiger charge is -2.36. The Balaban J connectivity index is 1.86. The number of piperidine rings is 1. The number of carbonyl (C=O) groups excluding carboxylic acids is 1. The monoisotopic (exact) mass is 338 g/mol. The highest BCUT2D eigenvalue weighted by molar-refractivity contribution is 5.99. The molecule has 0 radical (unpaired) electrons. The fourth-order valence-electron chi connectivity index (χ4n) is 3.32. The van der Waals surface area contributed by atoms with Crippen molar-refractivity contribution in [2.24, 2.45) is 5.92 Å². The summed E-state index contributed by atoms with van der Waals surface area (Å²) in [5.74, 6) is -0.786. The van der Waals surface area contributed by atoms with Crippen LogP contribution >= 0.6 is 0 Å². The minimum atomic E-state index is -0.803. The quantitative estimate of drug-likeness (QED) is 0.912. The number of carbonyl (C=O) groups is 2. The van der Waals surface area contributed by atoms with Gasteiger partial charge in [-0.15, -0.1) is 0 Å². The molecule has 1 N–H and O–H groups in total. The highest BCUT2D eigenvalue weighted by Crippen LogP contribution is 2.28. The molecule has 2 amide bonds. The molecule has 5 heteroatoms. The third kappa shape index (κ3) is 4.18. The van der Waals surface area contributed by atoms with Crippen molar-refractivity contribution in [1.82, 2.24) is 4.90 Å². The molecule has 1 fully saturated rings. The molecule has 1 saturated heterocycles. The van der Waals surface area contributed by atoms with Crippen LogP contribution in [0.5, 0.6) is 0 Å². The average molecular weight is 338 g/mol. The van der Waals surface area contributed by atoms with Gasteiger partial charge in [-0.3, -0.25) is 9.69 Å². The fraction of sp³-hybridized carbons (Fsp3) is 0.300. The molecule has 0 bridgehead atoms. The van der Waals surface area contributed by atoms with Gasteiger partial charge >= 0.3 is 12.0 Å². The van der Waals surface area contributed by atoms with Crippen LogP contribution in [0.3, 0.4) is 0 Å². The molecule has 1 unspecified atom stereocenters. The number of hydrogen-bond donors (Lipinski definition) is 1. The molecule has 1 heterocycles. The van der Waals surface area contributed by atoms with E-state index in [9.17, 15) is 9.59 Å². The molecule has 1 atom stereocenters. The third-order valence-electron chi connectivity index (χ3n) is 4.47. The number of aliphatic carboxylic acids is 1. The first kappa shape index (κ1) is 17.0. The topological polar surface area (TPSA) is 60.9 Å². The van der Waals surface area contributed by atoms with E-state index in [4.69, 9.17) is 5.11 Å². The van der Waals surface area contributed by atoms with Crippen molar-refractivity contribution in [3.8, 4) is 0 Å². The highest BCUT2D eigenvalue weighted by atomic mass is 16.4. The molecule has 1 aliphatic rings. The second-order valence-electron chi connectivity index (χ2n) is 6.34. The maximum Gasteiger partial charge on any atom is 0.329 e. The second-order valence-corrected chi connectivity index (χ2v) is 6.34. The standard InChI is InChI=1S/C20H22N2O3/c23-19(24)14-16-8-7-13-21(15-16)20(25)22(17-9-3-1-4-10-17)18-11-5-2-6-12-18/h1-6,9-12,16H,7-8,13-15H2,(H,23,24). The van der Waals surface area contributed by atoms with Crippen molar-refractivity contribution in [3.05, 3.63) is 60.7 Å². The van der Waals surface area contributed by atoms with Gasteiger partial charge in [-0.1, -0.05) is 36.4 Å². The van der Waals surface area contributed by atoms with Gasteiger partial charge < -0.3 is 10.0 Å². The van der Waals surface area contributed by atoms with Crippen LogP contribution in [0, 0.1) is 5.92 Å². The number of anilines is 2. The van der Waals surface area contributed by atoms with E-state index in [2.05, 4.69) is 0 Å². The van der Waals surface area contributed by atoms with Crippen LogP contribution in [0.1, 0.15) is 19.3 Å². The lowest BCUT2D eigenvalue weighted by molar-refractivity contribution is -0.138. The SMILES string of the molecule is O=C(O)CC1CCCN(C(=O)N(c2ccccc2)c2ccccc2)C1. The first-order chi connectivity index (χ1) is 12.1. The Morgan fingerprint density at radius 3 is 2.08 bits per heavy atom. The van der Waals surface area contributed by atoms with Crippen LogP contribution < -0.4 is 4.90 Å². The number of benzene rings is 2. The number of carboxylic acid groups (broad SMARTS) is 1. The minimum Gasteiger partial charge on any atom is -0.481 e. The first-order valence-electron chi connectivity index (χ1n) is 8.56. The average Bonchev–Trinajstić information content (AvgIpc) is 2.63. The number of hydrogen-bond acceptors (Lipinski definition) is 2. The smallest absolute Gasteiger partial charge is 0.329 e. The molecular weight excluding hydrogens is 316 g/mol. The van der Waals surface area contributed by atoms with Gasteiger partial charge in [0.1, 0.15) is 0 Å². The van der Waals surface area contributed by atoms with E-state index in [1.165, 1.54) is 0 Å². The summed E-state index contributed by atoms with van der Waals surface area (Å²) >= 11 is 0. The highest BCUT2D eigenvalue weighted by Gasteiger charge is 2.29. The largest absolute Gasteiger partial charge is 0.481 e. The van der Waals surface area contributed by atoms with Gasteiger partial charge in [0.15, 0.2) is 0 Å². The normalized spacial score (nSPS) is 17.1. The Labute approximate surface area is 147 Å². The Kier molecular flexibility index (Phi) is 5.33. The molecule has 2 aromatic carbocycles. The lowest BCUT2D eigenvalue weighted by Crippen LogP contribution is -2.46. The van der Waals surface area contributed by atoms with Crippen molar-refractivity contribution in [2.45, 2.75) is 19.3 Å². The molecule has 0 spiro atoms. The van der Waals surface area contributed by atoms with Crippen LogP contribution in [0.25, 0.3) is 0 Å². The number of nitrogens with zero attached hydrogens (tertiary/aromatic N) is 2. The molecule has 25 heavy (non-hydrogen) atoms. The zero-order valence-electron chi connectivity index (χ0n) is 14.0. The van der Waals surface area contributed by atoms with Crippen molar-refractivity contribution in [1.29, 1.82) is 0 Å². The van der Waals surface area contributed by atoms with Crippen molar-refractivity contribution >= 4 is 23.4 Å². The maximum atomic E-state index is 13.2. The number of para-hydroxylation sites is 2. The molecule has 5 nitrogen and oxygen atoms in total. The molecule has 1 aliphatic heterocycles. The number of urea groups is 1. The van der Waals surface area contributed by atoms with E-state index in [1.54, 1.807) is 9.80 Å². The summed E-state index contributed by atoms with van der Waals surface area (Å²) in [5, 5.41) is 9.04. The minimum absolute atomic E-state index is 0.0172. The van der Waals surface area contributed by atoms with Crippen molar-refractivity contribution in [3.63, 3.8) is 0 Å². The number of carboxylic acids is 1. The summed E-state index contributed by atoms with van der Waals surface area (Å²) in [5.41, 5.74) is 1.61. The van der Waals surface area contributed by atoms with Crippen LogP contribution in [-0.2, 0) is 4.79 Å². The molecule has 0 aromatic heterocycles. The molecule has 0 saturated carbocycles. The summed E-state index contributed by atoms with van der Waals surface area (Å²) in [6.45, 7) is 1.15. The molecule has 0 aliphatic carbocycles. The fourth-order valence-corrected chi connectivity index (χ4v) is 3.32. The lowest BCUT2D eigenvalue weighted by atomic mass is 9.95. The van der Waals surface area contributed by atoms with Crippen molar-refractivity contribution < 1.29 is 14.7 Å². The van der Waals surface area contributed by atoms with Crippen LogP contribution in [0.15, 0.2) is 60.7 Å². The molecule has 3 rings (SSSR count). The molecule has 2 aromatic rings. The van der Waals surface area contributed by atoms with E-state index >= 15 is 0 Å². The first-order valence-corrected chi connectivity index (χ1v) is 8.56. The summed E-state index contributed by atoms with van der Waals surface area (Å²) in [6.07, 6.45) is 1.80.